The summed E-state index contributed by atoms with van der Waals surface area (Å²) in [4.78, 5) is 25.3. The summed E-state index contributed by atoms with van der Waals surface area (Å²) in [5.74, 6) is -0.0759. The standard InChI is InChI=1S/C13H13N3O5/c1-2-9-6-15-12(21-9)7-14-11-5-8(16(19)20)3-4-10(11)13(17)18/h3-6,14H,2,7H2,1H3,(H,17,18). The first-order chi connectivity index (χ1) is 10.0. The lowest BCUT2D eigenvalue weighted by molar-refractivity contribution is -0.384. The third-order valence-electron chi connectivity index (χ3n) is 2.82. The minimum atomic E-state index is -1.17. The number of hydrogen-bond acceptors (Lipinski definition) is 6. The molecule has 0 amide bonds. The van der Waals surface area contributed by atoms with Crippen molar-refractivity contribution < 1.29 is 19.2 Å². The predicted octanol–water partition coefficient (Wildman–Crippen LogP) is 2.46. The smallest absolute Gasteiger partial charge is 0.337 e. The number of oxazole rings is 1. The van der Waals surface area contributed by atoms with Crippen molar-refractivity contribution in [2.75, 3.05) is 5.32 Å². The van der Waals surface area contributed by atoms with Gasteiger partial charge >= 0.3 is 5.97 Å². The average molecular weight is 291 g/mol. The lowest BCUT2D eigenvalue weighted by atomic mass is 10.1. The summed E-state index contributed by atoms with van der Waals surface area (Å²) in [6, 6.07) is 3.51. The van der Waals surface area contributed by atoms with Crippen molar-refractivity contribution in [1.29, 1.82) is 0 Å². The number of carboxylic acid groups (broad SMARTS) is 1. The molecule has 110 valence electrons. The van der Waals surface area contributed by atoms with E-state index in [2.05, 4.69) is 10.3 Å². The molecule has 0 spiro atoms. The van der Waals surface area contributed by atoms with Crippen LogP contribution in [0.1, 0.15) is 28.9 Å². The Balaban J connectivity index is 2.22. The Morgan fingerprint density at radius 3 is 2.86 bits per heavy atom. The van der Waals surface area contributed by atoms with Crippen molar-refractivity contribution in [1.82, 2.24) is 4.98 Å². The van der Waals surface area contributed by atoms with Gasteiger partial charge in [-0.05, 0) is 6.07 Å². The van der Waals surface area contributed by atoms with Crippen molar-refractivity contribution in [3.8, 4) is 0 Å². The summed E-state index contributed by atoms with van der Waals surface area (Å²) >= 11 is 0. The number of aromatic nitrogens is 1. The summed E-state index contributed by atoms with van der Waals surface area (Å²) in [6.45, 7) is 2.06. The average Bonchev–Trinajstić information content (AvgIpc) is 2.92. The summed E-state index contributed by atoms with van der Waals surface area (Å²) in [5, 5.41) is 22.6. The molecule has 1 heterocycles. The molecule has 0 bridgehead atoms. The lowest BCUT2D eigenvalue weighted by Gasteiger charge is -2.07. The topological polar surface area (TPSA) is 118 Å². The molecule has 8 heteroatoms. The molecule has 0 saturated heterocycles. The number of aromatic carboxylic acids is 1. The van der Waals surface area contributed by atoms with Gasteiger partial charge in [0.25, 0.3) is 5.69 Å². The van der Waals surface area contributed by atoms with Gasteiger partial charge in [0.05, 0.1) is 28.9 Å². The SMILES string of the molecule is CCc1cnc(CNc2cc([N+](=O)[O-])ccc2C(=O)O)o1. The second kappa shape index (κ2) is 6.04. The largest absolute Gasteiger partial charge is 0.478 e. The number of hydrogen-bond donors (Lipinski definition) is 2. The molecular formula is C13H13N3O5. The minimum absolute atomic E-state index is 0.0529. The van der Waals surface area contributed by atoms with Crippen LogP contribution in [0.5, 0.6) is 0 Å². The van der Waals surface area contributed by atoms with E-state index in [1.54, 1.807) is 6.20 Å². The molecule has 0 fully saturated rings. The Bertz CT molecular complexity index is 680. The highest BCUT2D eigenvalue weighted by atomic mass is 16.6. The van der Waals surface area contributed by atoms with E-state index in [-0.39, 0.29) is 23.5 Å². The number of nitrogens with zero attached hydrogens (tertiary/aromatic N) is 2. The molecule has 0 radical (unpaired) electrons. The fourth-order valence-electron chi connectivity index (χ4n) is 1.74. The Morgan fingerprint density at radius 1 is 1.52 bits per heavy atom. The number of anilines is 1. The number of non-ortho nitro benzene ring substituents is 1. The van der Waals surface area contributed by atoms with Crippen LogP contribution in [-0.4, -0.2) is 21.0 Å². The van der Waals surface area contributed by atoms with Crippen LogP contribution in [-0.2, 0) is 13.0 Å². The summed E-state index contributed by atoms with van der Waals surface area (Å²) in [7, 11) is 0. The fraction of sp³-hybridized carbons (Fsp3) is 0.231. The van der Waals surface area contributed by atoms with E-state index in [0.717, 1.165) is 6.07 Å². The first-order valence-corrected chi connectivity index (χ1v) is 6.20. The zero-order chi connectivity index (χ0) is 15.4. The molecule has 2 aromatic rings. The molecule has 1 aromatic carbocycles. The van der Waals surface area contributed by atoms with E-state index >= 15 is 0 Å². The first kappa shape index (κ1) is 14.5. The molecule has 0 aliphatic carbocycles. The Kier molecular flexibility index (Phi) is 4.17. The van der Waals surface area contributed by atoms with E-state index < -0.39 is 10.9 Å². The first-order valence-electron chi connectivity index (χ1n) is 6.20. The van der Waals surface area contributed by atoms with Gasteiger partial charge < -0.3 is 14.8 Å². The van der Waals surface area contributed by atoms with E-state index in [1.165, 1.54) is 12.1 Å². The maximum absolute atomic E-state index is 11.1. The zero-order valence-electron chi connectivity index (χ0n) is 11.2. The van der Waals surface area contributed by atoms with Crippen LogP contribution in [0.2, 0.25) is 0 Å². The van der Waals surface area contributed by atoms with Crippen molar-refractivity contribution in [3.05, 3.63) is 51.7 Å². The number of aryl methyl sites for hydroxylation is 1. The zero-order valence-corrected chi connectivity index (χ0v) is 11.2. The molecule has 0 unspecified atom stereocenters. The minimum Gasteiger partial charge on any atom is -0.478 e. The maximum atomic E-state index is 11.1. The Labute approximate surface area is 119 Å². The van der Waals surface area contributed by atoms with Crippen LogP contribution in [0.15, 0.2) is 28.8 Å². The number of rotatable bonds is 6. The third kappa shape index (κ3) is 3.35. The Hall–Kier alpha value is -2.90. The second-order valence-electron chi connectivity index (χ2n) is 4.22. The molecule has 0 atom stereocenters. The third-order valence-corrected chi connectivity index (χ3v) is 2.82. The van der Waals surface area contributed by atoms with Gasteiger partial charge in [-0.2, -0.15) is 0 Å². The molecule has 0 aliphatic rings. The van der Waals surface area contributed by atoms with Crippen LogP contribution in [0, 0.1) is 10.1 Å². The number of nitrogens with one attached hydrogen (secondary N) is 1. The van der Waals surface area contributed by atoms with E-state index in [1.807, 2.05) is 6.92 Å². The normalized spacial score (nSPS) is 10.3. The maximum Gasteiger partial charge on any atom is 0.337 e. The van der Waals surface area contributed by atoms with Crippen LogP contribution in [0.25, 0.3) is 0 Å². The summed E-state index contributed by atoms with van der Waals surface area (Å²) in [6.07, 6.45) is 2.28. The van der Waals surface area contributed by atoms with Crippen molar-refractivity contribution in [2.45, 2.75) is 19.9 Å². The quantitative estimate of drug-likeness (QED) is 0.619. The van der Waals surface area contributed by atoms with Gasteiger partial charge in [0.15, 0.2) is 0 Å². The van der Waals surface area contributed by atoms with Gasteiger partial charge in [-0.15, -0.1) is 0 Å². The summed E-state index contributed by atoms with van der Waals surface area (Å²) in [5.41, 5.74) is -0.0972. The molecule has 2 rings (SSSR count). The molecule has 1 aromatic heterocycles. The van der Waals surface area contributed by atoms with Crippen molar-refractivity contribution >= 4 is 17.3 Å². The molecule has 21 heavy (non-hydrogen) atoms. The Morgan fingerprint density at radius 2 is 2.29 bits per heavy atom. The number of benzene rings is 1. The van der Waals surface area contributed by atoms with Crippen molar-refractivity contribution in [2.24, 2.45) is 0 Å². The molecular weight excluding hydrogens is 278 g/mol. The molecule has 0 aliphatic heterocycles. The van der Waals surface area contributed by atoms with Gasteiger partial charge in [0, 0.05) is 18.6 Å². The summed E-state index contributed by atoms with van der Waals surface area (Å²) < 4.78 is 5.38. The van der Waals surface area contributed by atoms with Crippen LogP contribution < -0.4 is 5.32 Å². The number of nitro benzene ring substituents is 1. The van der Waals surface area contributed by atoms with E-state index in [4.69, 9.17) is 9.52 Å². The molecule has 0 saturated carbocycles. The van der Waals surface area contributed by atoms with Gasteiger partial charge in [0.2, 0.25) is 5.89 Å². The fourth-order valence-corrected chi connectivity index (χ4v) is 1.74. The van der Waals surface area contributed by atoms with Crippen molar-refractivity contribution in [3.63, 3.8) is 0 Å². The monoisotopic (exact) mass is 291 g/mol. The van der Waals surface area contributed by atoms with Crippen LogP contribution in [0.3, 0.4) is 0 Å². The second-order valence-corrected chi connectivity index (χ2v) is 4.22. The highest BCUT2D eigenvalue weighted by Gasteiger charge is 2.15. The predicted molar refractivity (Wildman–Crippen MR) is 73.3 cm³/mol. The number of carbonyl (C=O) groups is 1. The van der Waals surface area contributed by atoms with Gasteiger partial charge in [-0.1, -0.05) is 6.92 Å². The van der Waals surface area contributed by atoms with Crippen LogP contribution >= 0.6 is 0 Å². The van der Waals surface area contributed by atoms with E-state index in [9.17, 15) is 14.9 Å². The molecule has 2 N–H and O–H groups in total. The van der Waals surface area contributed by atoms with Crippen LogP contribution in [0.4, 0.5) is 11.4 Å². The highest BCUT2D eigenvalue weighted by molar-refractivity contribution is 5.94. The number of nitro groups is 1. The van der Waals surface area contributed by atoms with Gasteiger partial charge in [0.1, 0.15) is 5.76 Å². The van der Waals surface area contributed by atoms with Gasteiger partial charge in [-0.25, -0.2) is 9.78 Å². The molecule has 8 nitrogen and oxygen atoms in total. The highest BCUT2D eigenvalue weighted by Crippen LogP contribution is 2.23. The number of carboxylic acids is 1. The lowest BCUT2D eigenvalue weighted by Crippen LogP contribution is -2.07. The van der Waals surface area contributed by atoms with Gasteiger partial charge in [-0.3, -0.25) is 10.1 Å². The van der Waals surface area contributed by atoms with E-state index in [0.29, 0.717) is 18.1 Å².